The predicted octanol–water partition coefficient (Wildman–Crippen LogP) is 2.80. The van der Waals surface area contributed by atoms with Gasteiger partial charge in [-0.2, -0.15) is 0 Å². The number of hydrogen-bond acceptors (Lipinski definition) is 2. The fourth-order valence-electron chi connectivity index (χ4n) is 6.39. The standard InChI is InChI=1S/C18H30N2O/c1-12(19-16-3-4-17(21)20(2)11-16)18-8-13-5-14(9-18)7-15(6-13)10-18/h12-16,19H,3-11H2,1-2H3. The van der Waals surface area contributed by atoms with Crippen molar-refractivity contribution in [2.75, 3.05) is 13.6 Å². The molecule has 1 aliphatic heterocycles. The van der Waals surface area contributed by atoms with Gasteiger partial charge in [0.15, 0.2) is 0 Å². The molecule has 21 heavy (non-hydrogen) atoms. The summed E-state index contributed by atoms with van der Waals surface area (Å²) in [6.07, 6.45) is 10.7. The van der Waals surface area contributed by atoms with Gasteiger partial charge in [0.2, 0.25) is 5.91 Å². The van der Waals surface area contributed by atoms with Crippen molar-refractivity contribution in [2.45, 2.75) is 70.4 Å². The Balaban J connectivity index is 1.43. The second-order valence-electron chi connectivity index (χ2n) is 8.68. The highest BCUT2D eigenvalue weighted by Crippen LogP contribution is 2.61. The molecule has 0 aromatic rings. The third-order valence-electron chi connectivity index (χ3n) is 7.12. The third kappa shape index (κ3) is 2.42. The van der Waals surface area contributed by atoms with Gasteiger partial charge in [0, 0.05) is 32.1 Å². The molecule has 1 amide bonds. The number of carbonyl (C=O) groups excluding carboxylic acids is 1. The Hall–Kier alpha value is -0.570. The summed E-state index contributed by atoms with van der Waals surface area (Å²) in [5, 5.41) is 3.93. The van der Waals surface area contributed by atoms with Gasteiger partial charge in [-0.05, 0) is 75.0 Å². The maximum Gasteiger partial charge on any atom is 0.222 e. The van der Waals surface area contributed by atoms with E-state index in [0.29, 0.717) is 23.4 Å². The highest BCUT2D eigenvalue weighted by atomic mass is 16.2. The van der Waals surface area contributed by atoms with Gasteiger partial charge in [0.1, 0.15) is 0 Å². The molecule has 5 fully saturated rings. The first-order valence-electron chi connectivity index (χ1n) is 9.04. The molecular weight excluding hydrogens is 260 g/mol. The second kappa shape index (κ2) is 4.97. The summed E-state index contributed by atoms with van der Waals surface area (Å²) in [5.41, 5.74) is 0.578. The number of hydrogen-bond donors (Lipinski definition) is 1. The zero-order valence-corrected chi connectivity index (χ0v) is 13.6. The van der Waals surface area contributed by atoms with Crippen molar-refractivity contribution >= 4 is 5.91 Å². The molecule has 1 heterocycles. The maximum atomic E-state index is 11.6. The Morgan fingerprint density at radius 1 is 1.14 bits per heavy atom. The quantitative estimate of drug-likeness (QED) is 0.867. The molecule has 0 aromatic carbocycles. The van der Waals surface area contributed by atoms with Gasteiger partial charge in [-0.3, -0.25) is 4.79 Å². The fraction of sp³-hybridized carbons (Fsp3) is 0.944. The van der Waals surface area contributed by atoms with Gasteiger partial charge >= 0.3 is 0 Å². The normalized spacial score (nSPS) is 47.0. The maximum absolute atomic E-state index is 11.6. The van der Waals surface area contributed by atoms with Crippen LogP contribution in [0, 0.1) is 23.2 Å². The van der Waals surface area contributed by atoms with Gasteiger partial charge < -0.3 is 10.2 Å². The molecule has 3 nitrogen and oxygen atoms in total. The summed E-state index contributed by atoms with van der Waals surface area (Å²) < 4.78 is 0. The van der Waals surface area contributed by atoms with E-state index >= 15 is 0 Å². The van der Waals surface area contributed by atoms with E-state index < -0.39 is 0 Å². The fourth-order valence-corrected chi connectivity index (χ4v) is 6.39. The highest BCUT2D eigenvalue weighted by molar-refractivity contribution is 5.76. The first-order valence-corrected chi connectivity index (χ1v) is 9.04. The van der Waals surface area contributed by atoms with Crippen LogP contribution >= 0.6 is 0 Å². The molecule has 4 aliphatic carbocycles. The lowest BCUT2D eigenvalue weighted by Gasteiger charge is -2.59. The summed E-state index contributed by atoms with van der Waals surface area (Å²) in [4.78, 5) is 13.6. The van der Waals surface area contributed by atoms with Gasteiger partial charge in [0.25, 0.3) is 0 Å². The van der Waals surface area contributed by atoms with Crippen LogP contribution in [0.3, 0.4) is 0 Å². The van der Waals surface area contributed by atoms with Crippen molar-refractivity contribution in [3.63, 3.8) is 0 Å². The largest absolute Gasteiger partial charge is 0.344 e. The zero-order chi connectivity index (χ0) is 14.6. The van der Waals surface area contributed by atoms with Crippen molar-refractivity contribution in [1.82, 2.24) is 10.2 Å². The van der Waals surface area contributed by atoms with Crippen LogP contribution in [-0.4, -0.2) is 36.5 Å². The Labute approximate surface area is 128 Å². The lowest BCUT2D eigenvalue weighted by Crippen LogP contribution is -2.58. The average molecular weight is 290 g/mol. The van der Waals surface area contributed by atoms with Crippen LogP contribution in [0.1, 0.15) is 58.3 Å². The van der Waals surface area contributed by atoms with Crippen LogP contribution in [0.15, 0.2) is 0 Å². The number of piperidine rings is 1. The number of nitrogens with one attached hydrogen (secondary N) is 1. The van der Waals surface area contributed by atoms with E-state index in [1.807, 2.05) is 11.9 Å². The number of nitrogens with zero attached hydrogens (tertiary/aromatic N) is 1. The molecule has 118 valence electrons. The van der Waals surface area contributed by atoms with E-state index in [1.54, 1.807) is 0 Å². The second-order valence-corrected chi connectivity index (χ2v) is 8.68. The van der Waals surface area contributed by atoms with Crippen LogP contribution < -0.4 is 5.32 Å². The molecule has 0 spiro atoms. The smallest absolute Gasteiger partial charge is 0.222 e. The molecule has 1 saturated heterocycles. The van der Waals surface area contributed by atoms with E-state index in [9.17, 15) is 4.79 Å². The van der Waals surface area contributed by atoms with Crippen molar-refractivity contribution in [2.24, 2.45) is 23.2 Å². The van der Waals surface area contributed by atoms with E-state index in [-0.39, 0.29) is 0 Å². The summed E-state index contributed by atoms with van der Waals surface area (Å²) >= 11 is 0. The molecule has 5 aliphatic rings. The van der Waals surface area contributed by atoms with Gasteiger partial charge in [0.05, 0.1) is 0 Å². The Kier molecular flexibility index (Phi) is 3.33. The van der Waals surface area contributed by atoms with E-state index in [0.717, 1.165) is 37.1 Å². The van der Waals surface area contributed by atoms with Crippen LogP contribution in [-0.2, 0) is 4.79 Å². The Morgan fingerprint density at radius 2 is 1.71 bits per heavy atom. The molecule has 1 N–H and O–H groups in total. The summed E-state index contributed by atoms with van der Waals surface area (Å²) in [6.45, 7) is 3.33. The molecule has 0 radical (unpaired) electrons. The van der Waals surface area contributed by atoms with Crippen LogP contribution in [0.2, 0.25) is 0 Å². The molecule has 2 unspecified atom stereocenters. The molecule has 5 rings (SSSR count). The van der Waals surface area contributed by atoms with Crippen molar-refractivity contribution in [1.29, 1.82) is 0 Å². The molecule has 4 bridgehead atoms. The van der Waals surface area contributed by atoms with Crippen LogP contribution in [0.5, 0.6) is 0 Å². The predicted molar refractivity (Wildman–Crippen MR) is 83.9 cm³/mol. The molecular formula is C18H30N2O. The topological polar surface area (TPSA) is 32.3 Å². The van der Waals surface area contributed by atoms with E-state index in [1.165, 1.54) is 38.5 Å². The minimum atomic E-state index is 0.315. The number of likely N-dealkylation sites (tertiary alicyclic amines) is 1. The molecule has 3 heteroatoms. The van der Waals surface area contributed by atoms with Gasteiger partial charge in [-0.15, -0.1) is 0 Å². The number of amides is 1. The van der Waals surface area contributed by atoms with E-state index in [2.05, 4.69) is 12.2 Å². The third-order valence-corrected chi connectivity index (χ3v) is 7.12. The first kappa shape index (κ1) is 14.0. The summed E-state index contributed by atoms with van der Waals surface area (Å²) in [7, 11) is 1.95. The van der Waals surface area contributed by atoms with Crippen LogP contribution in [0.25, 0.3) is 0 Å². The monoisotopic (exact) mass is 290 g/mol. The molecule has 2 atom stereocenters. The van der Waals surface area contributed by atoms with Crippen molar-refractivity contribution < 1.29 is 4.79 Å². The minimum absolute atomic E-state index is 0.315. The molecule has 4 saturated carbocycles. The van der Waals surface area contributed by atoms with E-state index in [4.69, 9.17) is 0 Å². The highest BCUT2D eigenvalue weighted by Gasteiger charge is 2.53. The summed E-state index contributed by atoms with van der Waals surface area (Å²) in [6, 6.07) is 1.13. The lowest BCUT2D eigenvalue weighted by atomic mass is 9.48. The first-order chi connectivity index (χ1) is 10.0. The zero-order valence-electron chi connectivity index (χ0n) is 13.6. The van der Waals surface area contributed by atoms with Gasteiger partial charge in [-0.25, -0.2) is 0 Å². The number of rotatable bonds is 3. The average Bonchev–Trinajstić information content (AvgIpc) is 2.41. The van der Waals surface area contributed by atoms with Crippen LogP contribution in [0.4, 0.5) is 0 Å². The van der Waals surface area contributed by atoms with Crippen molar-refractivity contribution in [3.05, 3.63) is 0 Å². The Morgan fingerprint density at radius 3 is 2.24 bits per heavy atom. The minimum Gasteiger partial charge on any atom is -0.344 e. The lowest BCUT2D eigenvalue weighted by molar-refractivity contribution is -0.132. The van der Waals surface area contributed by atoms with Crippen molar-refractivity contribution in [3.8, 4) is 0 Å². The number of carbonyl (C=O) groups is 1. The summed E-state index contributed by atoms with van der Waals surface area (Å²) in [5.74, 6) is 3.39. The Bertz CT molecular complexity index is 398. The SMILES string of the molecule is CC(NC1CCC(=O)N(C)C1)C12CC3CC(CC(C3)C1)C2. The molecule has 0 aromatic heterocycles. The number of likely N-dealkylation sites (N-methyl/N-ethyl adjacent to an activating group) is 1. The van der Waals surface area contributed by atoms with Gasteiger partial charge in [-0.1, -0.05) is 0 Å².